The number of ether oxygens (including phenoxy) is 1. The third-order valence-electron chi connectivity index (χ3n) is 4.65. The van der Waals surface area contributed by atoms with Crippen molar-refractivity contribution >= 4 is 29.0 Å². The fourth-order valence-electron chi connectivity index (χ4n) is 3.13. The van der Waals surface area contributed by atoms with E-state index < -0.39 is 0 Å². The van der Waals surface area contributed by atoms with Crippen molar-refractivity contribution in [3.63, 3.8) is 0 Å². The summed E-state index contributed by atoms with van der Waals surface area (Å²) in [6.45, 7) is 0.464. The van der Waals surface area contributed by atoms with Crippen LogP contribution in [0.1, 0.15) is 5.56 Å². The first-order chi connectivity index (χ1) is 15.2. The Balaban J connectivity index is 1.34. The van der Waals surface area contributed by atoms with Crippen LogP contribution in [0.2, 0.25) is 5.02 Å². The molecule has 1 aromatic heterocycles. The second-order valence-electron chi connectivity index (χ2n) is 6.81. The first-order valence-electron chi connectivity index (χ1n) is 9.81. The zero-order valence-corrected chi connectivity index (χ0v) is 17.4. The molecule has 3 aromatic carbocycles. The molecule has 4 rings (SSSR count). The average molecular weight is 433 g/mol. The minimum atomic E-state index is -0.325. The second kappa shape index (κ2) is 9.82. The van der Waals surface area contributed by atoms with Gasteiger partial charge in [0.1, 0.15) is 5.75 Å². The number of rotatable bonds is 7. The molecule has 0 unspecified atom stereocenters. The van der Waals surface area contributed by atoms with E-state index >= 15 is 0 Å². The summed E-state index contributed by atoms with van der Waals surface area (Å²) in [5, 5.41) is 6.13. The van der Waals surface area contributed by atoms with Crippen LogP contribution in [0.15, 0.2) is 85.3 Å². The molecule has 7 heteroatoms. The topological polar surface area (TPSA) is 79.0 Å². The molecule has 0 fully saturated rings. The number of nitrogens with zero attached hydrogens (tertiary/aromatic N) is 1. The minimum Gasteiger partial charge on any atom is -0.493 e. The Bertz CT molecular complexity index is 1150. The van der Waals surface area contributed by atoms with Crippen LogP contribution in [0.5, 0.6) is 5.75 Å². The fraction of sp³-hybridized carbons (Fsp3) is 0.0833. The van der Waals surface area contributed by atoms with Gasteiger partial charge in [0, 0.05) is 28.4 Å². The summed E-state index contributed by atoms with van der Waals surface area (Å²) in [6.07, 6.45) is 4.03. The number of urea groups is 1. The SMILES string of the molecule is O=C(Nc1ccccc1)Nc1ccc(CCOc2ccccc2-c2cnc[nH]2)c(Cl)c1. The standard InChI is InChI=1S/C24H21ClN4O2/c25-21-14-19(29-24(30)28-18-6-2-1-3-7-18)11-10-17(21)12-13-31-23-9-5-4-8-20(23)22-15-26-16-27-22/h1-11,14-16H,12-13H2,(H,26,27)(H2,28,29,30). The molecule has 0 spiro atoms. The Kier molecular flexibility index (Phi) is 6.50. The quantitative estimate of drug-likeness (QED) is 0.335. The van der Waals surface area contributed by atoms with Crippen molar-refractivity contribution in [3.8, 4) is 17.0 Å². The van der Waals surface area contributed by atoms with E-state index in [0.29, 0.717) is 23.7 Å². The van der Waals surface area contributed by atoms with Crippen LogP contribution in [0.25, 0.3) is 11.3 Å². The highest BCUT2D eigenvalue weighted by Gasteiger charge is 2.09. The Hall–Kier alpha value is -3.77. The highest BCUT2D eigenvalue weighted by Crippen LogP contribution is 2.28. The first kappa shape index (κ1) is 20.5. The molecule has 1 heterocycles. The number of carbonyl (C=O) groups excluding carboxylic acids is 1. The van der Waals surface area contributed by atoms with Gasteiger partial charge in [-0.05, 0) is 42.0 Å². The number of para-hydroxylation sites is 2. The molecular formula is C24H21ClN4O2. The minimum absolute atomic E-state index is 0.325. The van der Waals surface area contributed by atoms with Gasteiger partial charge in [0.2, 0.25) is 0 Å². The Labute approximate surface area is 185 Å². The predicted octanol–water partition coefficient (Wildman–Crippen LogP) is 6.00. The summed E-state index contributed by atoms with van der Waals surface area (Å²) in [4.78, 5) is 19.3. The molecule has 3 N–H and O–H groups in total. The van der Waals surface area contributed by atoms with E-state index in [9.17, 15) is 4.79 Å². The van der Waals surface area contributed by atoms with Crippen molar-refractivity contribution < 1.29 is 9.53 Å². The van der Waals surface area contributed by atoms with Crippen molar-refractivity contribution in [1.82, 2.24) is 9.97 Å². The van der Waals surface area contributed by atoms with Gasteiger partial charge in [0.25, 0.3) is 0 Å². The van der Waals surface area contributed by atoms with Crippen molar-refractivity contribution in [1.29, 1.82) is 0 Å². The number of carbonyl (C=O) groups is 1. The summed E-state index contributed by atoms with van der Waals surface area (Å²) in [7, 11) is 0. The lowest BCUT2D eigenvalue weighted by Crippen LogP contribution is -2.19. The molecule has 0 aliphatic rings. The smallest absolute Gasteiger partial charge is 0.323 e. The number of aromatic nitrogens is 2. The largest absolute Gasteiger partial charge is 0.493 e. The monoisotopic (exact) mass is 432 g/mol. The van der Waals surface area contributed by atoms with Crippen LogP contribution in [-0.4, -0.2) is 22.6 Å². The third kappa shape index (κ3) is 5.43. The number of amides is 2. The second-order valence-corrected chi connectivity index (χ2v) is 7.22. The molecule has 31 heavy (non-hydrogen) atoms. The molecule has 6 nitrogen and oxygen atoms in total. The maximum Gasteiger partial charge on any atom is 0.323 e. The zero-order valence-electron chi connectivity index (χ0n) is 16.6. The average Bonchev–Trinajstić information content (AvgIpc) is 3.31. The van der Waals surface area contributed by atoms with E-state index in [-0.39, 0.29) is 6.03 Å². The molecule has 0 saturated heterocycles. The molecule has 0 aliphatic heterocycles. The fourth-order valence-corrected chi connectivity index (χ4v) is 3.41. The van der Waals surface area contributed by atoms with Crippen molar-refractivity contribution in [3.05, 3.63) is 95.9 Å². The van der Waals surface area contributed by atoms with Crippen LogP contribution in [-0.2, 0) is 6.42 Å². The number of halogens is 1. The maximum atomic E-state index is 12.1. The summed E-state index contributed by atoms with van der Waals surface area (Å²) >= 11 is 6.43. The lowest BCUT2D eigenvalue weighted by molar-refractivity contribution is 0.262. The Morgan fingerprint density at radius 3 is 2.52 bits per heavy atom. The maximum absolute atomic E-state index is 12.1. The first-order valence-corrected chi connectivity index (χ1v) is 10.2. The number of aromatic amines is 1. The third-order valence-corrected chi connectivity index (χ3v) is 5.00. The number of anilines is 2. The van der Waals surface area contributed by atoms with Crippen molar-refractivity contribution in [2.24, 2.45) is 0 Å². The predicted molar refractivity (Wildman–Crippen MR) is 124 cm³/mol. The van der Waals surface area contributed by atoms with Crippen LogP contribution in [0, 0.1) is 0 Å². The molecule has 2 amide bonds. The highest BCUT2D eigenvalue weighted by atomic mass is 35.5. The summed E-state index contributed by atoms with van der Waals surface area (Å²) in [6, 6.07) is 22.2. The Morgan fingerprint density at radius 1 is 0.968 bits per heavy atom. The molecule has 0 atom stereocenters. The molecule has 0 aliphatic carbocycles. The number of nitrogens with one attached hydrogen (secondary N) is 3. The van der Waals surface area contributed by atoms with Crippen molar-refractivity contribution in [2.75, 3.05) is 17.2 Å². The van der Waals surface area contributed by atoms with Gasteiger partial charge in [-0.15, -0.1) is 0 Å². The summed E-state index contributed by atoms with van der Waals surface area (Å²) in [5.74, 6) is 0.777. The van der Waals surface area contributed by atoms with Gasteiger partial charge in [-0.25, -0.2) is 9.78 Å². The van der Waals surface area contributed by atoms with Crippen LogP contribution in [0.3, 0.4) is 0 Å². The van der Waals surface area contributed by atoms with E-state index in [1.165, 1.54) is 0 Å². The number of benzene rings is 3. The number of hydrogen-bond acceptors (Lipinski definition) is 3. The van der Waals surface area contributed by atoms with Gasteiger partial charge >= 0.3 is 6.03 Å². The van der Waals surface area contributed by atoms with Gasteiger partial charge in [-0.1, -0.05) is 48.0 Å². The van der Waals surface area contributed by atoms with E-state index in [1.54, 1.807) is 18.6 Å². The van der Waals surface area contributed by atoms with E-state index in [1.807, 2.05) is 66.7 Å². The van der Waals surface area contributed by atoms with Crippen molar-refractivity contribution in [2.45, 2.75) is 6.42 Å². The lowest BCUT2D eigenvalue weighted by atomic mass is 10.1. The highest BCUT2D eigenvalue weighted by molar-refractivity contribution is 6.31. The van der Waals surface area contributed by atoms with Crippen LogP contribution >= 0.6 is 11.6 Å². The van der Waals surface area contributed by atoms with E-state index in [0.717, 1.165) is 28.3 Å². The lowest BCUT2D eigenvalue weighted by Gasteiger charge is -2.12. The zero-order chi connectivity index (χ0) is 21.5. The Morgan fingerprint density at radius 2 is 1.74 bits per heavy atom. The van der Waals surface area contributed by atoms with Crippen LogP contribution in [0.4, 0.5) is 16.2 Å². The normalized spacial score (nSPS) is 10.5. The molecule has 0 saturated carbocycles. The van der Waals surface area contributed by atoms with Crippen LogP contribution < -0.4 is 15.4 Å². The van der Waals surface area contributed by atoms with Gasteiger partial charge in [-0.3, -0.25) is 0 Å². The van der Waals surface area contributed by atoms with E-state index in [4.69, 9.17) is 16.3 Å². The van der Waals surface area contributed by atoms with E-state index in [2.05, 4.69) is 20.6 Å². The number of H-pyrrole nitrogens is 1. The molecule has 0 bridgehead atoms. The number of hydrogen-bond donors (Lipinski definition) is 3. The number of imidazole rings is 1. The van der Waals surface area contributed by atoms with Gasteiger partial charge in [0.15, 0.2) is 0 Å². The molecule has 0 radical (unpaired) electrons. The molecular weight excluding hydrogens is 412 g/mol. The summed E-state index contributed by atoms with van der Waals surface area (Å²) < 4.78 is 5.99. The summed E-state index contributed by atoms with van der Waals surface area (Å²) in [5.41, 5.74) is 4.13. The molecule has 4 aromatic rings. The van der Waals surface area contributed by atoms with Gasteiger partial charge in [0.05, 0.1) is 24.8 Å². The van der Waals surface area contributed by atoms with Gasteiger partial charge in [-0.2, -0.15) is 0 Å². The molecule has 156 valence electrons. The van der Waals surface area contributed by atoms with Gasteiger partial charge < -0.3 is 20.4 Å².